The summed E-state index contributed by atoms with van der Waals surface area (Å²) in [6, 6.07) is 3.55. The van der Waals surface area contributed by atoms with Gasteiger partial charge in [0.2, 0.25) is 0 Å². The molecule has 1 aliphatic carbocycles. The fourth-order valence-electron chi connectivity index (χ4n) is 1.61. The number of rotatable bonds is 4. The van der Waals surface area contributed by atoms with Gasteiger partial charge in [0.25, 0.3) is 0 Å². The predicted molar refractivity (Wildman–Crippen MR) is 59.8 cm³/mol. The zero-order chi connectivity index (χ0) is 13.4. The maximum absolute atomic E-state index is 12.5. The van der Waals surface area contributed by atoms with Crippen LogP contribution in [0.5, 0.6) is 0 Å². The fourth-order valence-corrected chi connectivity index (χ4v) is 1.61. The molecule has 6 heteroatoms. The van der Waals surface area contributed by atoms with Crippen LogP contribution in [0, 0.1) is 0 Å². The Labute approximate surface area is 103 Å². The maximum Gasteiger partial charge on any atom is 0.433 e. The Morgan fingerprint density at radius 2 is 2.11 bits per heavy atom. The molecular formula is C12H15F3N2O. The van der Waals surface area contributed by atoms with E-state index in [-0.39, 0.29) is 17.8 Å². The van der Waals surface area contributed by atoms with Gasteiger partial charge >= 0.3 is 6.18 Å². The first kappa shape index (κ1) is 13.3. The van der Waals surface area contributed by atoms with Gasteiger partial charge in [-0.15, -0.1) is 0 Å². The van der Waals surface area contributed by atoms with Crippen LogP contribution in [0.4, 0.5) is 13.2 Å². The molecule has 1 heterocycles. The highest BCUT2D eigenvalue weighted by atomic mass is 19.4. The van der Waals surface area contributed by atoms with Crippen LogP contribution in [0.25, 0.3) is 0 Å². The van der Waals surface area contributed by atoms with Crippen LogP contribution in [0.1, 0.15) is 37.3 Å². The van der Waals surface area contributed by atoms with Gasteiger partial charge in [-0.2, -0.15) is 13.2 Å². The molecule has 0 aliphatic heterocycles. The van der Waals surface area contributed by atoms with Crippen LogP contribution in [-0.2, 0) is 6.18 Å². The lowest BCUT2D eigenvalue weighted by atomic mass is 10.2. The monoisotopic (exact) mass is 260 g/mol. The summed E-state index contributed by atoms with van der Waals surface area (Å²) in [7, 11) is 0. The zero-order valence-corrected chi connectivity index (χ0v) is 9.96. The van der Waals surface area contributed by atoms with Crippen molar-refractivity contribution in [2.45, 2.75) is 37.6 Å². The second kappa shape index (κ2) is 4.51. The van der Waals surface area contributed by atoms with Gasteiger partial charge in [0.05, 0.1) is 5.69 Å². The minimum Gasteiger partial charge on any atom is -0.385 e. The Morgan fingerprint density at radius 3 is 2.67 bits per heavy atom. The smallest absolute Gasteiger partial charge is 0.385 e. The van der Waals surface area contributed by atoms with Crippen molar-refractivity contribution >= 4 is 0 Å². The average Bonchev–Trinajstić information content (AvgIpc) is 3.04. The average molecular weight is 260 g/mol. The number of pyridine rings is 1. The third-order valence-electron chi connectivity index (χ3n) is 3.12. The number of nitrogens with zero attached hydrogens (tertiary/aromatic N) is 1. The standard InChI is InChI=1S/C12H15F3N2O/c1-11(5-6-11)16-7-9(18)8-3-2-4-10(17-8)12(13,14)15/h2-4,9,16,18H,5-7H2,1H3/t9-/m0/s1. The second-order valence-electron chi connectivity index (χ2n) is 4.90. The number of hydrogen-bond acceptors (Lipinski definition) is 3. The van der Waals surface area contributed by atoms with E-state index in [1.807, 2.05) is 6.92 Å². The molecule has 0 saturated heterocycles. The number of β-amino-alcohol motifs (C(OH)–C–C–N with tert-alkyl or cyclic N) is 1. The summed E-state index contributed by atoms with van der Waals surface area (Å²) in [5.41, 5.74) is -0.902. The van der Waals surface area contributed by atoms with E-state index < -0.39 is 18.0 Å². The summed E-state index contributed by atoms with van der Waals surface area (Å²) in [6.45, 7) is 2.23. The normalized spacial score (nSPS) is 19.6. The minimum atomic E-state index is -4.48. The number of aliphatic hydroxyl groups is 1. The molecule has 0 bridgehead atoms. The summed E-state index contributed by atoms with van der Waals surface area (Å²) in [4.78, 5) is 3.45. The van der Waals surface area contributed by atoms with Crippen molar-refractivity contribution in [2.75, 3.05) is 6.54 Å². The lowest BCUT2D eigenvalue weighted by Crippen LogP contribution is -2.32. The van der Waals surface area contributed by atoms with E-state index in [4.69, 9.17) is 0 Å². The van der Waals surface area contributed by atoms with Gasteiger partial charge in [-0.25, -0.2) is 4.98 Å². The lowest BCUT2D eigenvalue weighted by molar-refractivity contribution is -0.141. The SMILES string of the molecule is CC1(NC[C@H](O)c2cccc(C(F)(F)F)n2)CC1. The van der Waals surface area contributed by atoms with Crippen molar-refractivity contribution in [1.29, 1.82) is 0 Å². The summed E-state index contributed by atoms with van der Waals surface area (Å²) in [5, 5.41) is 12.9. The molecule has 3 nitrogen and oxygen atoms in total. The van der Waals surface area contributed by atoms with Crippen molar-refractivity contribution < 1.29 is 18.3 Å². The van der Waals surface area contributed by atoms with Crippen molar-refractivity contribution in [2.24, 2.45) is 0 Å². The Kier molecular flexibility index (Phi) is 3.33. The largest absolute Gasteiger partial charge is 0.433 e. The molecule has 0 spiro atoms. The van der Waals surface area contributed by atoms with E-state index in [0.717, 1.165) is 18.9 Å². The first-order chi connectivity index (χ1) is 8.30. The van der Waals surface area contributed by atoms with Crippen molar-refractivity contribution in [3.8, 4) is 0 Å². The van der Waals surface area contributed by atoms with Crippen LogP contribution >= 0.6 is 0 Å². The summed E-state index contributed by atoms with van der Waals surface area (Å²) in [6.07, 6.45) is -3.46. The molecule has 1 saturated carbocycles. The molecule has 100 valence electrons. The molecule has 1 atom stereocenters. The third kappa shape index (κ3) is 3.20. The van der Waals surface area contributed by atoms with Gasteiger partial charge in [0, 0.05) is 12.1 Å². The molecule has 1 aromatic heterocycles. The van der Waals surface area contributed by atoms with E-state index in [1.165, 1.54) is 12.1 Å². The number of alkyl halides is 3. The number of nitrogens with one attached hydrogen (secondary N) is 1. The van der Waals surface area contributed by atoms with Gasteiger partial charge in [0.15, 0.2) is 0 Å². The van der Waals surface area contributed by atoms with Crippen LogP contribution in [0.2, 0.25) is 0 Å². The Hall–Kier alpha value is -1.14. The molecule has 1 aliphatic rings. The van der Waals surface area contributed by atoms with Crippen LogP contribution in [0.15, 0.2) is 18.2 Å². The van der Waals surface area contributed by atoms with Crippen molar-refractivity contribution in [1.82, 2.24) is 10.3 Å². The fraction of sp³-hybridized carbons (Fsp3) is 0.583. The van der Waals surface area contributed by atoms with Gasteiger partial charge in [-0.1, -0.05) is 6.07 Å². The first-order valence-electron chi connectivity index (χ1n) is 5.77. The summed E-state index contributed by atoms with van der Waals surface area (Å²) >= 11 is 0. The van der Waals surface area contributed by atoms with Crippen molar-refractivity contribution in [3.63, 3.8) is 0 Å². The molecular weight excluding hydrogens is 245 g/mol. The Balaban J connectivity index is 2.03. The molecule has 1 aromatic rings. The highest BCUT2D eigenvalue weighted by Crippen LogP contribution is 2.34. The van der Waals surface area contributed by atoms with Gasteiger partial charge in [-0.3, -0.25) is 0 Å². The van der Waals surface area contributed by atoms with E-state index in [0.29, 0.717) is 0 Å². The topological polar surface area (TPSA) is 45.1 Å². The van der Waals surface area contributed by atoms with Crippen LogP contribution < -0.4 is 5.32 Å². The molecule has 18 heavy (non-hydrogen) atoms. The minimum absolute atomic E-state index is 0.0304. The molecule has 2 rings (SSSR count). The number of aromatic nitrogens is 1. The van der Waals surface area contributed by atoms with E-state index in [9.17, 15) is 18.3 Å². The maximum atomic E-state index is 12.5. The zero-order valence-electron chi connectivity index (χ0n) is 9.96. The molecule has 1 fully saturated rings. The van der Waals surface area contributed by atoms with Gasteiger partial charge < -0.3 is 10.4 Å². The van der Waals surface area contributed by atoms with Gasteiger partial charge in [-0.05, 0) is 31.9 Å². The van der Waals surface area contributed by atoms with Crippen molar-refractivity contribution in [3.05, 3.63) is 29.6 Å². The van der Waals surface area contributed by atoms with Crippen LogP contribution in [0.3, 0.4) is 0 Å². The number of hydrogen-bond donors (Lipinski definition) is 2. The lowest BCUT2D eigenvalue weighted by Gasteiger charge is -2.16. The highest BCUT2D eigenvalue weighted by molar-refractivity contribution is 5.16. The van der Waals surface area contributed by atoms with Crippen LogP contribution in [-0.4, -0.2) is 22.2 Å². The second-order valence-corrected chi connectivity index (χ2v) is 4.90. The highest BCUT2D eigenvalue weighted by Gasteiger charge is 2.37. The molecule has 0 aromatic carbocycles. The summed E-state index contributed by atoms with van der Waals surface area (Å²) < 4.78 is 37.4. The van der Waals surface area contributed by atoms with E-state index in [2.05, 4.69) is 10.3 Å². The summed E-state index contributed by atoms with van der Waals surface area (Å²) in [5.74, 6) is 0. The first-order valence-corrected chi connectivity index (χ1v) is 5.77. The van der Waals surface area contributed by atoms with Gasteiger partial charge in [0.1, 0.15) is 11.8 Å². The number of aliphatic hydroxyl groups excluding tert-OH is 1. The predicted octanol–water partition coefficient (Wildman–Crippen LogP) is 2.28. The Morgan fingerprint density at radius 1 is 1.44 bits per heavy atom. The Bertz CT molecular complexity index is 430. The molecule has 2 N–H and O–H groups in total. The molecule has 0 unspecified atom stereocenters. The van der Waals surface area contributed by atoms with E-state index >= 15 is 0 Å². The molecule has 0 radical (unpaired) electrons. The quantitative estimate of drug-likeness (QED) is 0.873. The molecule has 0 amide bonds. The number of halogens is 3. The van der Waals surface area contributed by atoms with E-state index in [1.54, 1.807) is 0 Å². The third-order valence-corrected chi connectivity index (χ3v) is 3.12.